The van der Waals surface area contributed by atoms with Gasteiger partial charge in [0.1, 0.15) is 0 Å². The SMILES string of the molecule is CC(=O)NCCOCCOCCOCCOCCN. The van der Waals surface area contributed by atoms with Crippen molar-refractivity contribution in [2.75, 3.05) is 65.9 Å². The highest BCUT2D eigenvalue weighted by Gasteiger charge is 1.93. The van der Waals surface area contributed by atoms with Crippen LogP contribution in [0.4, 0.5) is 0 Å². The molecular formula is C12H26N2O5. The van der Waals surface area contributed by atoms with Crippen LogP contribution in [-0.4, -0.2) is 71.9 Å². The van der Waals surface area contributed by atoms with Gasteiger partial charge in [-0.2, -0.15) is 0 Å². The zero-order chi connectivity index (χ0) is 14.2. The fourth-order valence-electron chi connectivity index (χ4n) is 1.14. The molecule has 1 amide bonds. The Hall–Kier alpha value is -0.730. The second-order valence-electron chi connectivity index (χ2n) is 3.72. The van der Waals surface area contributed by atoms with Gasteiger partial charge >= 0.3 is 0 Å². The molecular weight excluding hydrogens is 252 g/mol. The van der Waals surface area contributed by atoms with Gasteiger partial charge in [0, 0.05) is 20.0 Å². The summed E-state index contributed by atoms with van der Waals surface area (Å²) >= 11 is 0. The summed E-state index contributed by atoms with van der Waals surface area (Å²) in [7, 11) is 0. The molecule has 0 spiro atoms. The van der Waals surface area contributed by atoms with Crippen LogP contribution < -0.4 is 11.1 Å². The molecule has 0 aliphatic carbocycles. The van der Waals surface area contributed by atoms with E-state index >= 15 is 0 Å². The van der Waals surface area contributed by atoms with Crippen LogP contribution in [-0.2, 0) is 23.7 Å². The predicted octanol–water partition coefficient (Wildman–Crippen LogP) is -0.852. The Bertz CT molecular complexity index is 205. The van der Waals surface area contributed by atoms with Gasteiger partial charge in [0.15, 0.2) is 0 Å². The van der Waals surface area contributed by atoms with Crippen molar-refractivity contribution in [3.8, 4) is 0 Å². The quantitative estimate of drug-likeness (QED) is 0.402. The van der Waals surface area contributed by atoms with Crippen molar-refractivity contribution in [2.45, 2.75) is 6.92 Å². The van der Waals surface area contributed by atoms with Crippen LogP contribution in [0.2, 0.25) is 0 Å². The van der Waals surface area contributed by atoms with Crippen LogP contribution in [0.15, 0.2) is 0 Å². The van der Waals surface area contributed by atoms with E-state index in [2.05, 4.69) is 5.32 Å². The molecule has 0 aliphatic heterocycles. The highest BCUT2D eigenvalue weighted by molar-refractivity contribution is 5.72. The number of nitrogens with one attached hydrogen (secondary N) is 1. The minimum absolute atomic E-state index is 0.0487. The molecule has 0 heterocycles. The largest absolute Gasteiger partial charge is 0.378 e. The van der Waals surface area contributed by atoms with Gasteiger partial charge in [-0.05, 0) is 0 Å². The van der Waals surface area contributed by atoms with E-state index in [-0.39, 0.29) is 5.91 Å². The van der Waals surface area contributed by atoms with Crippen molar-refractivity contribution in [1.82, 2.24) is 5.32 Å². The average molecular weight is 278 g/mol. The minimum Gasteiger partial charge on any atom is -0.378 e. The molecule has 0 saturated heterocycles. The Balaban J connectivity index is 2.93. The smallest absolute Gasteiger partial charge is 0.216 e. The summed E-state index contributed by atoms with van der Waals surface area (Å²) in [5.41, 5.74) is 5.26. The molecule has 0 aromatic rings. The van der Waals surface area contributed by atoms with E-state index in [1.165, 1.54) is 6.92 Å². The van der Waals surface area contributed by atoms with Crippen molar-refractivity contribution in [2.24, 2.45) is 5.73 Å². The number of carbonyl (C=O) groups excluding carboxylic acids is 1. The average Bonchev–Trinajstić information content (AvgIpc) is 2.39. The lowest BCUT2D eigenvalue weighted by molar-refractivity contribution is -0.119. The van der Waals surface area contributed by atoms with E-state index in [4.69, 9.17) is 24.7 Å². The van der Waals surface area contributed by atoms with E-state index < -0.39 is 0 Å². The minimum atomic E-state index is -0.0487. The molecule has 0 rings (SSSR count). The molecule has 0 aliphatic rings. The van der Waals surface area contributed by atoms with E-state index in [1.807, 2.05) is 0 Å². The van der Waals surface area contributed by atoms with Crippen LogP contribution in [0.1, 0.15) is 6.92 Å². The number of hydrogen-bond donors (Lipinski definition) is 2. The summed E-state index contributed by atoms with van der Waals surface area (Å²) in [6.45, 7) is 6.82. The number of ether oxygens (including phenoxy) is 4. The first kappa shape index (κ1) is 18.3. The van der Waals surface area contributed by atoms with Crippen molar-refractivity contribution < 1.29 is 23.7 Å². The molecule has 0 fully saturated rings. The maximum atomic E-state index is 10.5. The zero-order valence-corrected chi connectivity index (χ0v) is 11.7. The second kappa shape index (κ2) is 15.3. The first-order valence-electron chi connectivity index (χ1n) is 6.53. The summed E-state index contributed by atoms with van der Waals surface area (Å²) in [6.07, 6.45) is 0. The summed E-state index contributed by atoms with van der Waals surface area (Å²) in [4.78, 5) is 10.5. The van der Waals surface area contributed by atoms with E-state index in [1.54, 1.807) is 0 Å². The van der Waals surface area contributed by atoms with Gasteiger partial charge in [-0.3, -0.25) is 4.79 Å². The lowest BCUT2D eigenvalue weighted by atomic mass is 10.6. The van der Waals surface area contributed by atoms with Crippen molar-refractivity contribution in [3.63, 3.8) is 0 Å². The van der Waals surface area contributed by atoms with Crippen LogP contribution >= 0.6 is 0 Å². The number of carbonyl (C=O) groups is 1. The van der Waals surface area contributed by atoms with Crippen LogP contribution in [0, 0.1) is 0 Å². The third-order valence-electron chi connectivity index (χ3n) is 2.00. The third kappa shape index (κ3) is 17.3. The van der Waals surface area contributed by atoms with Gasteiger partial charge in [0.05, 0.1) is 52.9 Å². The summed E-state index contributed by atoms with van der Waals surface area (Å²) in [6, 6.07) is 0. The van der Waals surface area contributed by atoms with Crippen molar-refractivity contribution in [1.29, 1.82) is 0 Å². The molecule has 3 N–H and O–H groups in total. The number of amides is 1. The fourth-order valence-corrected chi connectivity index (χ4v) is 1.14. The highest BCUT2D eigenvalue weighted by atomic mass is 16.6. The third-order valence-corrected chi connectivity index (χ3v) is 2.00. The lowest BCUT2D eigenvalue weighted by Gasteiger charge is -2.07. The number of rotatable bonds is 14. The molecule has 0 saturated carbocycles. The van der Waals surface area contributed by atoms with Crippen molar-refractivity contribution in [3.05, 3.63) is 0 Å². The Morgan fingerprint density at radius 3 is 1.68 bits per heavy atom. The lowest BCUT2D eigenvalue weighted by Crippen LogP contribution is -2.25. The first-order chi connectivity index (χ1) is 9.27. The standard InChI is InChI=1S/C12H26N2O5/c1-12(15)14-3-5-17-7-9-19-11-10-18-8-6-16-4-2-13/h2-11,13H2,1H3,(H,14,15). The number of nitrogens with two attached hydrogens (primary N) is 1. The molecule has 19 heavy (non-hydrogen) atoms. The Kier molecular flexibility index (Phi) is 14.7. The second-order valence-corrected chi connectivity index (χ2v) is 3.72. The van der Waals surface area contributed by atoms with Crippen LogP contribution in [0.25, 0.3) is 0 Å². The summed E-state index contributed by atoms with van der Waals surface area (Å²) in [5.74, 6) is -0.0487. The van der Waals surface area contributed by atoms with Gasteiger partial charge in [-0.1, -0.05) is 0 Å². The monoisotopic (exact) mass is 278 g/mol. The van der Waals surface area contributed by atoms with E-state index in [0.717, 1.165) is 0 Å². The fraction of sp³-hybridized carbons (Fsp3) is 0.917. The van der Waals surface area contributed by atoms with Crippen molar-refractivity contribution >= 4 is 5.91 Å². The molecule has 0 aromatic carbocycles. The Morgan fingerprint density at radius 1 is 0.842 bits per heavy atom. The first-order valence-corrected chi connectivity index (χ1v) is 6.53. The molecule has 0 unspecified atom stereocenters. The van der Waals surface area contributed by atoms with Crippen LogP contribution in [0.5, 0.6) is 0 Å². The molecule has 0 aromatic heterocycles. The Morgan fingerprint density at radius 2 is 1.26 bits per heavy atom. The topological polar surface area (TPSA) is 92.0 Å². The van der Waals surface area contributed by atoms with E-state index in [0.29, 0.717) is 65.9 Å². The van der Waals surface area contributed by atoms with Gasteiger partial charge in [0.25, 0.3) is 0 Å². The number of hydrogen-bond acceptors (Lipinski definition) is 6. The highest BCUT2D eigenvalue weighted by Crippen LogP contribution is 1.82. The van der Waals surface area contributed by atoms with Gasteiger partial charge in [-0.15, -0.1) is 0 Å². The zero-order valence-electron chi connectivity index (χ0n) is 11.7. The van der Waals surface area contributed by atoms with Gasteiger partial charge in [0.2, 0.25) is 5.91 Å². The molecule has 0 bridgehead atoms. The molecule has 0 radical (unpaired) electrons. The summed E-state index contributed by atoms with van der Waals surface area (Å²) < 4.78 is 20.9. The maximum Gasteiger partial charge on any atom is 0.216 e. The molecule has 0 atom stereocenters. The molecule has 7 heteroatoms. The van der Waals surface area contributed by atoms with Crippen LogP contribution in [0.3, 0.4) is 0 Å². The van der Waals surface area contributed by atoms with E-state index in [9.17, 15) is 4.79 Å². The summed E-state index contributed by atoms with van der Waals surface area (Å²) in [5, 5.41) is 2.64. The Labute approximate surface area is 114 Å². The maximum absolute atomic E-state index is 10.5. The molecule has 7 nitrogen and oxygen atoms in total. The van der Waals surface area contributed by atoms with Gasteiger partial charge in [-0.25, -0.2) is 0 Å². The predicted molar refractivity (Wildman–Crippen MR) is 71.0 cm³/mol. The normalized spacial score (nSPS) is 10.6. The van der Waals surface area contributed by atoms with Gasteiger partial charge < -0.3 is 30.0 Å². The molecule has 114 valence electrons.